The van der Waals surface area contributed by atoms with Crippen LogP contribution in [0.3, 0.4) is 0 Å². The lowest BCUT2D eigenvalue weighted by atomic mass is 9.68. The first-order valence-corrected chi connectivity index (χ1v) is 5.88. The van der Waals surface area contributed by atoms with E-state index < -0.39 is 26.7 Å². The van der Waals surface area contributed by atoms with Gasteiger partial charge in [-0.05, 0) is 27.7 Å². The van der Waals surface area contributed by atoms with Crippen molar-refractivity contribution in [2.45, 2.75) is 37.6 Å². The molecule has 0 aliphatic carbocycles. The molecule has 3 nitrogen and oxygen atoms in total. The van der Waals surface area contributed by atoms with Gasteiger partial charge in [-0.25, -0.2) is 0 Å². The van der Waals surface area contributed by atoms with Crippen LogP contribution >= 0.6 is 34.8 Å². The van der Waals surface area contributed by atoms with E-state index in [0.29, 0.717) is 0 Å². The summed E-state index contributed by atoms with van der Waals surface area (Å²) in [6, 6.07) is 0. The van der Waals surface area contributed by atoms with Crippen LogP contribution in [-0.4, -0.2) is 21.6 Å². The first-order chi connectivity index (χ1) is 6.91. The summed E-state index contributed by atoms with van der Waals surface area (Å²) in [4.78, 5) is 23.8. The Kier molecular flexibility index (Phi) is 3.30. The fourth-order valence-corrected chi connectivity index (χ4v) is 2.85. The van der Waals surface area contributed by atoms with Crippen LogP contribution in [0.4, 0.5) is 0 Å². The van der Waals surface area contributed by atoms with Crippen LogP contribution in [0.1, 0.15) is 27.7 Å². The van der Waals surface area contributed by atoms with Crippen LogP contribution in [-0.2, 0) is 14.3 Å². The molecule has 0 N–H and O–H groups in total. The van der Waals surface area contributed by atoms with Gasteiger partial charge >= 0.3 is 5.97 Å². The van der Waals surface area contributed by atoms with E-state index in [-0.39, 0.29) is 5.78 Å². The number of cyclic esters (lactones) is 1. The van der Waals surface area contributed by atoms with Gasteiger partial charge in [0.15, 0.2) is 11.9 Å². The van der Waals surface area contributed by atoms with Crippen LogP contribution in [0.15, 0.2) is 0 Å². The fourth-order valence-electron chi connectivity index (χ4n) is 1.89. The lowest BCUT2D eigenvalue weighted by molar-refractivity contribution is -0.185. The first kappa shape index (κ1) is 14.1. The molecule has 1 unspecified atom stereocenters. The van der Waals surface area contributed by atoms with Gasteiger partial charge in [0.2, 0.25) is 3.79 Å². The second-order valence-electron chi connectivity index (χ2n) is 5.00. The average Bonchev–Trinajstić information content (AvgIpc) is 2.07. The van der Waals surface area contributed by atoms with Crippen molar-refractivity contribution < 1.29 is 14.3 Å². The number of carbonyl (C=O) groups excluding carboxylic acids is 2. The third-order valence-corrected chi connectivity index (χ3v) is 3.44. The minimum Gasteiger partial charge on any atom is -0.456 e. The summed E-state index contributed by atoms with van der Waals surface area (Å²) < 4.78 is 3.28. The summed E-state index contributed by atoms with van der Waals surface area (Å²) in [5.41, 5.74) is -2.22. The van der Waals surface area contributed by atoms with Gasteiger partial charge in [0.25, 0.3) is 0 Å². The molecular weight excluding hydrogens is 274 g/mol. The molecule has 1 heterocycles. The van der Waals surface area contributed by atoms with Crippen molar-refractivity contribution in [3.8, 4) is 0 Å². The van der Waals surface area contributed by atoms with Gasteiger partial charge in [-0.2, -0.15) is 0 Å². The maximum atomic E-state index is 12.2. The highest BCUT2D eigenvalue weighted by molar-refractivity contribution is 6.68. The summed E-state index contributed by atoms with van der Waals surface area (Å²) in [5.74, 6) is -0.944. The number of alkyl halides is 3. The van der Waals surface area contributed by atoms with Gasteiger partial charge in [0.1, 0.15) is 5.41 Å². The molecule has 1 saturated heterocycles. The average molecular weight is 288 g/mol. The monoisotopic (exact) mass is 286 g/mol. The van der Waals surface area contributed by atoms with Crippen molar-refractivity contribution in [2.75, 3.05) is 0 Å². The van der Waals surface area contributed by atoms with Crippen molar-refractivity contribution in [1.82, 2.24) is 0 Å². The van der Waals surface area contributed by atoms with E-state index in [1.807, 2.05) is 0 Å². The number of hydrogen-bond acceptors (Lipinski definition) is 3. The zero-order valence-electron chi connectivity index (χ0n) is 9.44. The van der Waals surface area contributed by atoms with Gasteiger partial charge in [0, 0.05) is 0 Å². The summed E-state index contributed by atoms with van der Waals surface area (Å²) in [6.45, 7) is 6.23. The molecule has 6 heteroatoms. The number of ketones is 1. The molecule has 0 aromatic carbocycles. The molecule has 0 radical (unpaired) electrons. The molecule has 0 amide bonds. The SMILES string of the molecule is CC1(C)C(=O)OC(C(Cl)(Cl)Cl)C(C)(C)C1=O. The highest BCUT2D eigenvalue weighted by Gasteiger charge is 2.60. The van der Waals surface area contributed by atoms with Crippen molar-refractivity contribution >= 4 is 46.6 Å². The zero-order chi connectivity index (χ0) is 12.9. The molecule has 1 aliphatic heterocycles. The Morgan fingerprint density at radius 1 is 1.12 bits per heavy atom. The molecule has 92 valence electrons. The van der Waals surface area contributed by atoms with Gasteiger partial charge < -0.3 is 4.74 Å². The largest absolute Gasteiger partial charge is 0.456 e. The standard InChI is InChI=1S/C10H13Cl3O3/c1-8(2)5(14)9(3,4)7(15)16-6(8)10(11,12)13/h6H,1-4H3. The highest BCUT2D eigenvalue weighted by atomic mass is 35.6. The number of ether oxygens (including phenoxy) is 1. The number of esters is 1. The van der Waals surface area contributed by atoms with E-state index in [9.17, 15) is 9.59 Å². The Morgan fingerprint density at radius 3 is 1.94 bits per heavy atom. The second kappa shape index (κ2) is 3.76. The van der Waals surface area contributed by atoms with Gasteiger partial charge in [-0.3, -0.25) is 9.59 Å². The Bertz CT molecular complexity index is 342. The Labute approximate surface area is 109 Å². The number of Topliss-reactive ketones (excluding diaryl/α,β-unsaturated/α-hetero) is 1. The minimum atomic E-state index is -1.81. The molecule has 0 bridgehead atoms. The topological polar surface area (TPSA) is 43.4 Å². The first-order valence-electron chi connectivity index (χ1n) is 4.74. The summed E-state index contributed by atoms with van der Waals surface area (Å²) in [7, 11) is 0. The fraction of sp³-hybridized carbons (Fsp3) is 0.800. The van der Waals surface area contributed by atoms with E-state index in [0.717, 1.165) is 0 Å². The Hall–Kier alpha value is 0.01000. The summed E-state index contributed by atoms with van der Waals surface area (Å²) >= 11 is 17.2. The third kappa shape index (κ3) is 2.05. The second-order valence-corrected chi connectivity index (χ2v) is 7.37. The smallest absolute Gasteiger partial charge is 0.319 e. The van der Waals surface area contributed by atoms with Gasteiger partial charge in [-0.15, -0.1) is 0 Å². The van der Waals surface area contributed by atoms with Crippen LogP contribution in [0.5, 0.6) is 0 Å². The molecule has 0 aromatic heterocycles. The molecular formula is C10H13Cl3O3. The maximum absolute atomic E-state index is 12.2. The van der Waals surface area contributed by atoms with Crippen LogP contribution in [0.2, 0.25) is 0 Å². The highest BCUT2D eigenvalue weighted by Crippen LogP contribution is 2.48. The molecule has 0 spiro atoms. The maximum Gasteiger partial charge on any atom is 0.319 e. The van der Waals surface area contributed by atoms with Crippen molar-refractivity contribution in [3.63, 3.8) is 0 Å². The van der Waals surface area contributed by atoms with Crippen LogP contribution < -0.4 is 0 Å². The molecule has 1 rings (SSSR count). The third-order valence-electron chi connectivity index (χ3n) is 2.84. The Morgan fingerprint density at radius 2 is 1.56 bits per heavy atom. The van der Waals surface area contributed by atoms with Crippen LogP contribution in [0, 0.1) is 10.8 Å². The van der Waals surface area contributed by atoms with Gasteiger partial charge in [0.05, 0.1) is 5.41 Å². The number of carbonyl (C=O) groups is 2. The quantitative estimate of drug-likeness (QED) is 0.391. The molecule has 1 aliphatic rings. The van der Waals surface area contributed by atoms with Crippen molar-refractivity contribution in [1.29, 1.82) is 0 Å². The van der Waals surface area contributed by atoms with Crippen molar-refractivity contribution in [3.05, 3.63) is 0 Å². The molecule has 0 aromatic rings. The zero-order valence-corrected chi connectivity index (χ0v) is 11.7. The van der Waals surface area contributed by atoms with Gasteiger partial charge in [-0.1, -0.05) is 34.8 Å². The predicted octanol–water partition coefficient (Wildman–Crippen LogP) is 2.90. The lowest BCUT2D eigenvalue weighted by Gasteiger charge is -2.45. The minimum absolute atomic E-state index is 0.285. The van der Waals surface area contributed by atoms with Crippen molar-refractivity contribution in [2.24, 2.45) is 10.8 Å². The van der Waals surface area contributed by atoms with E-state index >= 15 is 0 Å². The lowest BCUT2D eigenvalue weighted by Crippen LogP contribution is -2.59. The van der Waals surface area contributed by atoms with E-state index in [1.165, 1.54) is 13.8 Å². The number of hydrogen-bond donors (Lipinski definition) is 0. The van der Waals surface area contributed by atoms with E-state index in [2.05, 4.69) is 0 Å². The Balaban J connectivity index is 3.22. The summed E-state index contributed by atoms with van der Waals surface area (Å²) in [5, 5.41) is 0. The molecule has 0 saturated carbocycles. The van der Waals surface area contributed by atoms with E-state index in [1.54, 1.807) is 13.8 Å². The molecule has 16 heavy (non-hydrogen) atoms. The van der Waals surface area contributed by atoms with E-state index in [4.69, 9.17) is 39.5 Å². The normalized spacial score (nSPS) is 28.8. The van der Waals surface area contributed by atoms with Crippen LogP contribution in [0.25, 0.3) is 0 Å². The number of halogens is 3. The molecule has 1 fully saturated rings. The number of rotatable bonds is 0. The summed E-state index contributed by atoms with van der Waals surface area (Å²) in [6.07, 6.45) is -1.07. The predicted molar refractivity (Wildman–Crippen MR) is 62.7 cm³/mol. The molecule has 1 atom stereocenters.